The highest BCUT2D eigenvalue weighted by molar-refractivity contribution is 7.18. The molecule has 7 heteroatoms. The second kappa shape index (κ2) is 7.09. The maximum absolute atomic E-state index is 12.2. The van der Waals surface area contributed by atoms with Crippen LogP contribution < -0.4 is 16.0 Å². The average Bonchev–Trinajstić information content (AvgIpc) is 3.02. The van der Waals surface area contributed by atoms with Crippen LogP contribution in [0.2, 0.25) is 0 Å². The topological polar surface area (TPSA) is 91.5 Å². The molecule has 1 aromatic rings. The van der Waals surface area contributed by atoms with Crippen LogP contribution in [0.25, 0.3) is 0 Å². The van der Waals surface area contributed by atoms with E-state index in [2.05, 4.69) is 17.2 Å². The van der Waals surface area contributed by atoms with Gasteiger partial charge in [-0.15, -0.1) is 0 Å². The Morgan fingerprint density at radius 1 is 1.57 bits per heavy atom. The number of nitrogens with one attached hydrogen (secondary N) is 1. The molecular formula is C14H24N4O2S. The fourth-order valence-electron chi connectivity index (χ4n) is 2.64. The first-order valence-electron chi connectivity index (χ1n) is 7.46. The molecule has 2 rings (SSSR count). The van der Waals surface area contributed by atoms with Gasteiger partial charge in [-0.3, -0.25) is 4.79 Å². The molecule has 4 N–H and O–H groups in total. The second-order valence-electron chi connectivity index (χ2n) is 5.60. The number of aromatic nitrogens is 1. The number of thiazole rings is 1. The number of hydrogen-bond acceptors (Lipinski definition) is 6. The summed E-state index contributed by atoms with van der Waals surface area (Å²) in [6, 6.07) is 0. The molecule has 21 heavy (non-hydrogen) atoms. The molecule has 1 aromatic heterocycles. The van der Waals surface area contributed by atoms with Crippen molar-refractivity contribution in [3.8, 4) is 0 Å². The Kier molecular flexibility index (Phi) is 5.41. The van der Waals surface area contributed by atoms with Crippen LogP contribution in [0.5, 0.6) is 0 Å². The number of rotatable bonds is 6. The number of carbonyl (C=O) groups excluding carboxylic acids is 1. The van der Waals surface area contributed by atoms with Gasteiger partial charge in [0.25, 0.3) is 5.91 Å². The van der Waals surface area contributed by atoms with E-state index in [9.17, 15) is 9.90 Å². The summed E-state index contributed by atoms with van der Waals surface area (Å²) in [4.78, 5) is 18.9. The highest BCUT2D eigenvalue weighted by Crippen LogP contribution is 2.28. The summed E-state index contributed by atoms with van der Waals surface area (Å²) >= 11 is 1.31. The Hall–Kier alpha value is -1.34. The maximum atomic E-state index is 12.2. The van der Waals surface area contributed by atoms with Gasteiger partial charge in [0.2, 0.25) is 0 Å². The van der Waals surface area contributed by atoms with Crippen molar-refractivity contribution in [3.63, 3.8) is 0 Å². The van der Waals surface area contributed by atoms with Crippen LogP contribution in [0.3, 0.4) is 0 Å². The summed E-state index contributed by atoms with van der Waals surface area (Å²) in [5, 5.41) is 13.4. The third-order valence-electron chi connectivity index (χ3n) is 3.88. The highest BCUT2D eigenvalue weighted by Gasteiger charge is 2.26. The van der Waals surface area contributed by atoms with Gasteiger partial charge in [0.05, 0.1) is 6.10 Å². The van der Waals surface area contributed by atoms with Crippen molar-refractivity contribution >= 4 is 28.2 Å². The summed E-state index contributed by atoms with van der Waals surface area (Å²) < 4.78 is 0. The Balaban J connectivity index is 1.95. The normalized spacial score (nSPS) is 21.5. The molecule has 0 spiro atoms. The number of anilines is 2. The summed E-state index contributed by atoms with van der Waals surface area (Å²) in [6.07, 6.45) is 3.53. The summed E-state index contributed by atoms with van der Waals surface area (Å²) in [6.45, 7) is 3.47. The smallest absolute Gasteiger partial charge is 0.265 e. The minimum absolute atomic E-state index is 0.158. The van der Waals surface area contributed by atoms with Gasteiger partial charge in [0.1, 0.15) is 10.7 Å². The average molecular weight is 312 g/mol. The van der Waals surface area contributed by atoms with E-state index >= 15 is 0 Å². The Morgan fingerprint density at radius 2 is 2.33 bits per heavy atom. The van der Waals surface area contributed by atoms with Gasteiger partial charge < -0.3 is 21.1 Å². The lowest BCUT2D eigenvalue weighted by Gasteiger charge is -2.14. The zero-order chi connectivity index (χ0) is 15.4. The zero-order valence-electron chi connectivity index (χ0n) is 12.6. The third kappa shape index (κ3) is 3.85. The van der Waals surface area contributed by atoms with E-state index in [4.69, 9.17) is 5.73 Å². The number of nitrogens with zero attached hydrogens (tertiary/aromatic N) is 2. The molecular weight excluding hydrogens is 288 g/mol. The van der Waals surface area contributed by atoms with Crippen molar-refractivity contribution in [1.82, 2.24) is 10.3 Å². The lowest BCUT2D eigenvalue weighted by atomic mass is 10.1. The predicted octanol–water partition coefficient (Wildman–Crippen LogP) is 1.46. The van der Waals surface area contributed by atoms with Gasteiger partial charge in [-0.1, -0.05) is 24.7 Å². The standard InChI is InChI=1S/C14H24N4O2S/c1-3-7-18(2)14-17-12(15)11(21-14)13(20)16-8-9-5-4-6-10(9)19/h9-10,19H,3-8,15H2,1-2H3,(H,16,20). The summed E-state index contributed by atoms with van der Waals surface area (Å²) in [7, 11) is 1.94. The molecule has 1 fully saturated rings. The number of nitrogen functional groups attached to an aromatic ring is 1. The summed E-state index contributed by atoms with van der Waals surface area (Å²) in [5.74, 6) is 0.244. The minimum Gasteiger partial charge on any atom is -0.393 e. The molecule has 1 aliphatic rings. The zero-order valence-corrected chi connectivity index (χ0v) is 13.4. The molecule has 0 aliphatic heterocycles. The largest absolute Gasteiger partial charge is 0.393 e. The van der Waals surface area contributed by atoms with Gasteiger partial charge in [-0.2, -0.15) is 0 Å². The Bertz CT molecular complexity index is 491. The van der Waals surface area contributed by atoms with Crippen LogP contribution >= 0.6 is 11.3 Å². The molecule has 0 saturated heterocycles. The van der Waals surface area contributed by atoms with E-state index in [1.54, 1.807) is 0 Å². The van der Waals surface area contributed by atoms with Crippen LogP contribution in [0.1, 0.15) is 42.3 Å². The van der Waals surface area contributed by atoms with Crippen LogP contribution in [-0.4, -0.2) is 42.2 Å². The van der Waals surface area contributed by atoms with Gasteiger partial charge in [0.15, 0.2) is 5.13 Å². The molecule has 1 amide bonds. The molecule has 2 atom stereocenters. The van der Waals surface area contributed by atoms with Gasteiger partial charge in [-0.25, -0.2) is 4.98 Å². The molecule has 2 unspecified atom stereocenters. The number of hydrogen-bond donors (Lipinski definition) is 3. The van der Waals surface area contributed by atoms with Gasteiger partial charge in [-0.05, 0) is 19.3 Å². The molecule has 0 bridgehead atoms. The number of carbonyl (C=O) groups is 1. The molecule has 1 aliphatic carbocycles. The molecule has 6 nitrogen and oxygen atoms in total. The SMILES string of the molecule is CCCN(C)c1nc(N)c(C(=O)NCC2CCCC2O)s1. The number of aliphatic hydroxyl groups excluding tert-OH is 1. The van der Waals surface area contributed by atoms with Gasteiger partial charge >= 0.3 is 0 Å². The Labute approximate surface area is 129 Å². The monoisotopic (exact) mass is 312 g/mol. The van der Waals surface area contributed by atoms with E-state index in [1.165, 1.54) is 11.3 Å². The predicted molar refractivity (Wildman–Crippen MR) is 85.8 cm³/mol. The first-order chi connectivity index (χ1) is 10.0. The first-order valence-corrected chi connectivity index (χ1v) is 8.28. The van der Waals surface area contributed by atoms with Crippen LogP contribution in [0.4, 0.5) is 10.9 Å². The van der Waals surface area contributed by atoms with Crippen molar-refractivity contribution in [2.24, 2.45) is 5.92 Å². The molecule has 118 valence electrons. The van der Waals surface area contributed by atoms with Crippen LogP contribution in [-0.2, 0) is 0 Å². The maximum Gasteiger partial charge on any atom is 0.265 e. The number of nitrogens with two attached hydrogens (primary N) is 1. The van der Waals surface area contributed by atoms with E-state index in [0.29, 0.717) is 11.4 Å². The molecule has 1 saturated carbocycles. The summed E-state index contributed by atoms with van der Waals surface area (Å²) in [5.41, 5.74) is 5.85. The fourth-order valence-corrected chi connectivity index (χ4v) is 3.53. The van der Waals surface area contributed by atoms with Crippen molar-refractivity contribution < 1.29 is 9.90 Å². The van der Waals surface area contributed by atoms with E-state index < -0.39 is 0 Å². The van der Waals surface area contributed by atoms with Crippen molar-refractivity contribution in [1.29, 1.82) is 0 Å². The second-order valence-corrected chi connectivity index (χ2v) is 6.58. The number of amides is 1. The Morgan fingerprint density at radius 3 is 2.95 bits per heavy atom. The van der Waals surface area contributed by atoms with Crippen molar-refractivity contribution in [2.75, 3.05) is 30.8 Å². The van der Waals surface area contributed by atoms with E-state index in [-0.39, 0.29) is 23.7 Å². The fraction of sp³-hybridized carbons (Fsp3) is 0.714. The number of aliphatic hydroxyl groups is 1. The third-order valence-corrected chi connectivity index (χ3v) is 5.06. The van der Waals surface area contributed by atoms with Crippen LogP contribution in [0, 0.1) is 5.92 Å². The molecule has 0 aromatic carbocycles. The molecule has 0 radical (unpaired) electrons. The lowest BCUT2D eigenvalue weighted by molar-refractivity contribution is 0.0921. The van der Waals surface area contributed by atoms with E-state index in [0.717, 1.165) is 37.4 Å². The van der Waals surface area contributed by atoms with Crippen molar-refractivity contribution in [2.45, 2.75) is 38.7 Å². The van der Waals surface area contributed by atoms with E-state index in [1.807, 2.05) is 11.9 Å². The molecule has 1 heterocycles. The van der Waals surface area contributed by atoms with Crippen molar-refractivity contribution in [3.05, 3.63) is 4.88 Å². The van der Waals surface area contributed by atoms with Crippen LogP contribution in [0.15, 0.2) is 0 Å². The lowest BCUT2D eigenvalue weighted by Crippen LogP contribution is -2.32. The first kappa shape index (κ1) is 16.0. The quantitative estimate of drug-likeness (QED) is 0.740. The van der Waals surface area contributed by atoms with Gasteiger partial charge in [0, 0.05) is 26.1 Å². The highest BCUT2D eigenvalue weighted by atomic mass is 32.1. The minimum atomic E-state index is -0.296.